The van der Waals surface area contributed by atoms with Crippen LogP contribution < -0.4 is 10.1 Å². The number of nitrogens with zero attached hydrogens (tertiary/aromatic N) is 2. The zero-order valence-corrected chi connectivity index (χ0v) is 18.9. The number of hydrazone groups is 1. The summed E-state index contributed by atoms with van der Waals surface area (Å²) >= 11 is 5.80. The molecule has 1 unspecified atom stereocenters. The van der Waals surface area contributed by atoms with E-state index in [1.807, 2.05) is 53.5 Å². The topological polar surface area (TPSA) is 57.1 Å². The Morgan fingerprint density at radius 1 is 1.00 bits per heavy atom. The van der Waals surface area contributed by atoms with Gasteiger partial charge >= 0.3 is 0 Å². The standard InChI is InChI=1S/C27H23N3O2S/c1-32-20-14-15-26(31)23(16-20)24-17-25(22-13-7-9-18-8-5-6-12-21(18)22)30(29-24)27(33)28-19-10-3-2-4-11-19/h2-16,25,31H,17H2,1H3,(H,28,33). The summed E-state index contributed by atoms with van der Waals surface area (Å²) in [5.41, 5.74) is 3.42. The summed E-state index contributed by atoms with van der Waals surface area (Å²) in [4.78, 5) is 0. The van der Waals surface area contributed by atoms with Crippen molar-refractivity contribution in [3.8, 4) is 11.5 Å². The number of aromatic hydroxyl groups is 1. The minimum atomic E-state index is -0.125. The second kappa shape index (κ2) is 8.92. The zero-order valence-electron chi connectivity index (χ0n) is 18.1. The molecule has 0 fully saturated rings. The highest BCUT2D eigenvalue weighted by atomic mass is 32.1. The number of phenols is 1. The third kappa shape index (κ3) is 4.13. The second-order valence-corrected chi connectivity index (χ2v) is 8.25. The molecule has 4 aromatic carbocycles. The molecule has 2 N–H and O–H groups in total. The molecule has 5 rings (SSSR count). The third-order valence-electron chi connectivity index (χ3n) is 5.84. The van der Waals surface area contributed by atoms with Crippen LogP contribution in [0.1, 0.15) is 23.6 Å². The van der Waals surface area contributed by atoms with Crippen molar-refractivity contribution in [2.24, 2.45) is 5.10 Å². The fourth-order valence-electron chi connectivity index (χ4n) is 4.22. The second-order valence-electron chi connectivity index (χ2n) is 7.86. The highest BCUT2D eigenvalue weighted by molar-refractivity contribution is 7.80. The minimum absolute atomic E-state index is 0.125. The highest BCUT2D eigenvalue weighted by Crippen LogP contribution is 2.38. The van der Waals surface area contributed by atoms with Crippen molar-refractivity contribution < 1.29 is 9.84 Å². The Kier molecular flexibility index (Phi) is 5.67. The number of nitrogens with one attached hydrogen (secondary N) is 1. The molecule has 1 atom stereocenters. The molecule has 6 heteroatoms. The zero-order chi connectivity index (χ0) is 22.8. The molecule has 0 bridgehead atoms. The lowest BCUT2D eigenvalue weighted by molar-refractivity contribution is 0.377. The molecule has 4 aromatic rings. The Balaban J connectivity index is 1.58. The van der Waals surface area contributed by atoms with Crippen molar-refractivity contribution in [2.75, 3.05) is 12.4 Å². The number of hydrogen-bond donors (Lipinski definition) is 2. The molecule has 0 radical (unpaired) electrons. The Bertz CT molecular complexity index is 1350. The van der Waals surface area contributed by atoms with Gasteiger partial charge in [0.2, 0.25) is 0 Å². The highest BCUT2D eigenvalue weighted by Gasteiger charge is 2.33. The molecule has 0 aliphatic carbocycles. The quantitative estimate of drug-likeness (QED) is 0.366. The van der Waals surface area contributed by atoms with E-state index < -0.39 is 0 Å². The number of rotatable bonds is 4. The number of fused-ring (bicyclic) bond motifs is 1. The van der Waals surface area contributed by atoms with E-state index in [-0.39, 0.29) is 11.8 Å². The van der Waals surface area contributed by atoms with Gasteiger partial charge in [0.25, 0.3) is 0 Å². The summed E-state index contributed by atoms with van der Waals surface area (Å²) < 4.78 is 5.37. The summed E-state index contributed by atoms with van der Waals surface area (Å²) in [6.07, 6.45) is 0.589. The molecule has 1 aliphatic rings. The molecule has 1 heterocycles. The number of para-hydroxylation sites is 1. The maximum atomic E-state index is 10.6. The van der Waals surface area contributed by atoms with Crippen molar-refractivity contribution in [3.63, 3.8) is 0 Å². The maximum absolute atomic E-state index is 10.6. The number of phenolic OH excluding ortho intramolecular Hbond substituents is 1. The van der Waals surface area contributed by atoms with Crippen LogP contribution in [0, 0.1) is 0 Å². The number of ether oxygens (including phenoxy) is 1. The van der Waals surface area contributed by atoms with Gasteiger partial charge in [0, 0.05) is 17.7 Å². The predicted octanol–water partition coefficient (Wildman–Crippen LogP) is 6.10. The lowest BCUT2D eigenvalue weighted by Gasteiger charge is -2.26. The average Bonchev–Trinajstić information content (AvgIpc) is 3.30. The van der Waals surface area contributed by atoms with E-state index in [0.29, 0.717) is 22.8 Å². The summed E-state index contributed by atoms with van der Waals surface area (Å²) in [6.45, 7) is 0. The monoisotopic (exact) mass is 453 g/mol. The van der Waals surface area contributed by atoms with E-state index in [1.54, 1.807) is 19.2 Å². The van der Waals surface area contributed by atoms with Crippen molar-refractivity contribution in [3.05, 3.63) is 102 Å². The fourth-order valence-corrected chi connectivity index (χ4v) is 4.51. The molecule has 0 aromatic heterocycles. The van der Waals surface area contributed by atoms with Crippen LogP contribution in [0.5, 0.6) is 11.5 Å². The summed E-state index contributed by atoms with van der Waals surface area (Å²) in [6, 6.07) is 29.5. The molecule has 1 aliphatic heterocycles. The Labute approximate surface area is 197 Å². The third-order valence-corrected chi connectivity index (χ3v) is 6.13. The normalized spacial score (nSPS) is 15.4. The van der Waals surface area contributed by atoms with E-state index in [1.165, 1.54) is 0 Å². The van der Waals surface area contributed by atoms with E-state index in [0.717, 1.165) is 27.7 Å². The maximum Gasteiger partial charge on any atom is 0.194 e. The van der Waals surface area contributed by atoms with Gasteiger partial charge in [-0.25, -0.2) is 5.01 Å². The number of hydrogen-bond acceptors (Lipinski definition) is 4. The van der Waals surface area contributed by atoms with Gasteiger partial charge < -0.3 is 15.2 Å². The largest absolute Gasteiger partial charge is 0.507 e. The first kappa shape index (κ1) is 21.0. The van der Waals surface area contributed by atoms with Crippen molar-refractivity contribution in [1.29, 1.82) is 0 Å². The summed E-state index contributed by atoms with van der Waals surface area (Å²) in [5, 5.41) is 23.4. The van der Waals surface area contributed by atoms with Crippen molar-refractivity contribution in [2.45, 2.75) is 12.5 Å². The van der Waals surface area contributed by atoms with Gasteiger partial charge in [-0.3, -0.25) is 0 Å². The minimum Gasteiger partial charge on any atom is -0.507 e. The molecule has 0 saturated heterocycles. The molecule has 164 valence electrons. The fraction of sp³-hybridized carbons (Fsp3) is 0.111. The van der Waals surface area contributed by atoms with Crippen LogP contribution in [0.25, 0.3) is 10.8 Å². The first-order valence-corrected chi connectivity index (χ1v) is 11.1. The Hall–Kier alpha value is -3.90. The van der Waals surface area contributed by atoms with Crippen LogP contribution in [0.3, 0.4) is 0 Å². The van der Waals surface area contributed by atoms with Crippen molar-refractivity contribution >= 4 is 39.5 Å². The number of anilines is 1. The van der Waals surface area contributed by atoms with E-state index >= 15 is 0 Å². The molecule has 0 saturated carbocycles. The number of benzene rings is 4. The van der Waals surface area contributed by atoms with Crippen molar-refractivity contribution in [1.82, 2.24) is 5.01 Å². The van der Waals surface area contributed by atoms with E-state index in [2.05, 4.69) is 35.6 Å². The first-order valence-electron chi connectivity index (χ1n) is 10.7. The average molecular weight is 454 g/mol. The Morgan fingerprint density at radius 3 is 2.58 bits per heavy atom. The van der Waals surface area contributed by atoms with Gasteiger partial charge in [0.1, 0.15) is 11.5 Å². The molecule has 33 heavy (non-hydrogen) atoms. The van der Waals surface area contributed by atoms with Gasteiger partial charge in [-0.15, -0.1) is 0 Å². The van der Waals surface area contributed by atoms with Gasteiger partial charge in [-0.2, -0.15) is 5.10 Å². The van der Waals surface area contributed by atoms with Gasteiger partial charge in [0.05, 0.1) is 18.9 Å². The summed E-state index contributed by atoms with van der Waals surface area (Å²) in [7, 11) is 1.61. The SMILES string of the molecule is COc1ccc(O)c(C2=NN(C(=S)Nc3ccccc3)C(c3cccc4ccccc34)C2)c1. The lowest BCUT2D eigenvalue weighted by Crippen LogP contribution is -2.31. The lowest BCUT2D eigenvalue weighted by atomic mass is 9.94. The first-order chi connectivity index (χ1) is 16.1. The van der Waals surface area contributed by atoms with Crippen LogP contribution in [0.15, 0.2) is 96.1 Å². The Morgan fingerprint density at radius 2 is 1.76 bits per heavy atom. The summed E-state index contributed by atoms with van der Waals surface area (Å²) in [5.74, 6) is 0.825. The van der Waals surface area contributed by atoms with Crippen LogP contribution in [-0.2, 0) is 0 Å². The van der Waals surface area contributed by atoms with Crippen LogP contribution >= 0.6 is 12.2 Å². The smallest absolute Gasteiger partial charge is 0.194 e. The van der Waals surface area contributed by atoms with Gasteiger partial charge in [-0.05, 0) is 58.9 Å². The van der Waals surface area contributed by atoms with E-state index in [9.17, 15) is 5.11 Å². The predicted molar refractivity (Wildman–Crippen MR) is 137 cm³/mol. The van der Waals surface area contributed by atoms with Gasteiger partial charge in [0.15, 0.2) is 5.11 Å². The molecular weight excluding hydrogens is 430 g/mol. The van der Waals surface area contributed by atoms with E-state index in [4.69, 9.17) is 22.1 Å². The molecule has 0 spiro atoms. The number of thiocarbonyl (C=S) groups is 1. The van der Waals surface area contributed by atoms with Gasteiger partial charge in [-0.1, -0.05) is 60.7 Å². The van der Waals surface area contributed by atoms with Crippen LogP contribution in [0.4, 0.5) is 5.69 Å². The van der Waals surface area contributed by atoms with Crippen LogP contribution in [-0.4, -0.2) is 28.0 Å². The number of methoxy groups -OCH3 is 1. The van der Waals surface area contributed by atoms with Crippen LogP contribution in [0.2, 0.25) is 0 Å². The molecular formula is C27H23N3O2S. The molecule has 0 amide bonds. The molecule has 5 nitrogen and oxygen atoms in total.